The van der Waals surface area contributed by atoms with Gasteiger partial charge in [0, 0.05) is 17.9 Å². The molecule has 1 heterocycles. The van der Waals surface area contributed by atoms with Gasteiger partial charge in [0.05, 0.1) is 18.1 Å². The molecule has 0 bridgehead atoms. The highest BCUT2D eigenvalue weighted by Gasteiger charge is 2.11. The summed E-state index contributed by atoms with van der Waals surface area (Å²) in [4.78, 5) is 0. The SMILES string of the molecule is N#CCCC(C#N)CSc1nnc(Nc2cccc(F)c2)s1. The zero-order chi connectivity index (χ0) is 15.8. The zero-order valence-electron chi connectivity index (χ0n) is 11.5. The maximum atomic E-state index is 13.1. The molecule has 0 radical (unpaired) electrons. The molecule has 0 spiro atoms. The lowest BCUT2D eigenvalue weighted by Crippen LogP contribution is -1.99. The number of rotatable bonds is 7. The number of hydrogen-bond donors (Lipinski definition) is 1. The van der Waals surface area contributed by atoms with Crippen molar-refractivity contribution in [3.8, 4) is 12.1 Å². The van der Waals surface area contributed by atoms with E-state index in [4.69, 9.17) is 10.5 Å². The molecule has 5 nitrogen and oxygen atoms in total. The number of benzene rings is 1. The van der Waals surface area contributed by atoms with E-state index >= 15 is 0 Å². The van der Waals surface area contributed by atoms with Crippen molar-refractivity contribution in [2.75, 3.05) is 11.1 Å². The van der Waals surface area contributed by atoms with Crippen LogP contribution in [-0.2, 0) is 0 Å². The molecule has 1 N–H and O–H groups in total. The molecule has 2 aromatic rings. The van der Waals surface area contributed by atoms with Crippen LogP contribution < -0.4 is 5.32 Å². The molecule has 0 aliphatic heterocycles. The van der Waals surface area contributed by atoms with Gasteiger partial charge < -0.3 is 5.32 Å². The highest BCUT2D eigenvalue weighted by molar-refractivity contribution is 8.01. The van der Waals surface area contributed by atoms with Crippen molar-refractivity contribution in [1.29, 1.82) is 10.5 Å². The van der Waals surface area contributed by atoms with Crippen molar-refractivity contribution in [3.05, 3.63) is 30.1 Å². The number of halogens is 1. The summed E-state index contributed by atoms with van der Waals surface area (Å²) in [5, 5.41) is 29.1. The highest BCUT2D eigenvalue weighted by atomic mass is 32.2. The molecule has 112 valence electrons. The molecule has 22 heavy (non-hydrogen) atoms. The highest BCUT2D eigenvalue weighted by Crippen LogP contribution is 2.29. The first-order valence-corrected chi connectivity index (χ1v) is 8.27. The Balaban J connectivity index is 1.89. The molecule has 0 aliphatic carbocycles. The predicted octanol–water partition coefficient (Wildman–Crippen LogP) is 3.96. The first-order valence-electron chi connectivity index (χ1n) is 6.46. The van der Waals surface area contributed by atoms with Gasteiger partial charge in [0.1, 0.15) is 5.82 Å². The minimum absolute atomic E-state index is 0.173. The van der Waals surface area contributed by atoms with Gasteiger partial charge >= 0.3 is 0 Å². The van der Waals surface area contributed by atoms with Crippen molar-refractivity contribution < 1.29 is 4.39 Å². The Morgan fingerprint density at radius 2 is 2.23 bits per heavy atom. The van der Waals surface area contributed by atoms with Crippen LogP contribution >= 0.6 is 23.1 Å². The van der Waals surface area contributed by atoms with Gasteiger partial charge in [0.2, 0.25) is 5.13 Å². The Kier molecular flexibility index (Phi) is 6.13. The molecule has 0 saturated carbocycles. The average Bonchev–Trinajstić information content (AvgIpc) is 2.95. The number of aromatic nitrogens is 2. The Morgan fingerprint density at radius 3 is 2.95 bits per heavy atom. The van der Waals surface area contributed by atoms with Gasteiger partial charge in [-0.2, -0.15) is 10.5 Å². The van der Waals surface area contributed by atoms with Crippen molar-refractivity contribution >= 4 is 33.9 Å². The number of nitrogens with one attached hydrogen (secondary N) is 1. The molecule has 0 fully saturated rings. The molecule has 0 aliphatic rings. The minimum Gasteiger partial charge on any atom is -0.330 e. The first-order chi connectivity index (χ1) is 10.7. The number of hydrogen-bond acceptors (Lipinski definition) is 7. The number of nitriles is 2. The summed E-state index contributed by atoms with van der Waals surface area (Å²) in [6.45, 7) is 0. The normalized spacial score (nSPS) is 11.4. The largest absolute Gasteiger partial charge is 0.330 e. The van der Waals surface area contributed by atoms with Crippen LogP contribution in [0.2, 0.25) is 0 Å². The second-order valence-corrected chi connectivity index (χ2v) is 6.59. The van der Waals surface area contributed by atoms with Gasteiger partial charge in [-0.3, -0.25) is 0 Å². The van der Waals surface area contributed by atoms with E-state index in [-0.39, 0.29) is 11.7 Å². The zero-order valence-corrected chi connectivity index (χ0v) is 13.1. The van der Waals surface area contributed by atoms with E-state index in [1.807, 2.05) is 6.07 Å². The first kappa shape index (κ1) is 16.2. The Hall–Kier alpha value is -2.16. The lowest BCUT2D eigenvalue weighted by Gasteiger charge is -2.03. The third kappa shape index (κ3) is 4.99. The van der Waals surface area contributed by atoms with Crippen molar-refractivity contribution in [2.45, 2.75) is 17.2 Å². The summed E-state index contributed by atoms with van der Waals surface area (Å²) >= 11 is 2.78. The second kappa shape index (κ2) is 8.32. The van der Waals surface area contributed by atoms with Crippen molar-refractivity contribution in [1.82, 2.24) is 10.2 Å². The molecular formula is C14H12FN5S2. The van der Waals surface area contributed by atoms with E-state index in [9.17, 15) is 4.39 Å². The molecule has 2 rings (SSSR count). The fourth-order valence-electron chi connectivity index (χ4n) is 1.60. The van der Waals surface area contributed by atoms with Crippen LogP contribution in [0.1, 0.15) is 12.8 Å². The van der Waals surface area contributed by atoms with Crippen LogP contribution in [0.4, 0.5) is 15.2 Å². The fraction of sp³-hybridized carbons (Fsp3) is 0.286. The minimum atomic E-state index is -0.321. The lowest BCUT2D eigenvalue weighted by molar-refractivity contribution is 0.628. The Bertz CT molecular complexity index is 704. The lowest BCUT2D eigenvalue weighted by atomic mass is 10.1. The summed E-state index contributed by atoms with van der Waals surface area (Å²) in [5.74, 6) is 0.0823. The van der Waals surface area contributed by atoms with Crippen LogP contribution in [0.25, 0.3) is 0 Å². The molecule has 1 unspecified atom stereocenters. The van der Waals surface area contributed by atoms with Gasteiger partial charge in [-0.25, -0.2) is 4.39 Å². The predicted molar refractivity (Wildman–Crippen MR) is 84.3 cm³/mol. The summed E-state index contributed by atoms with van der Waals surface area (Å²) in [7, 11) is 0. The second-order valence-electron chi connectivity index (χ2n) is 4.34. The third-order valence-corrected chi connectivity index (χ3v) is 4.81. The monoisotopic (exact) mass is 333 g/mol. The standard InChI is InChI=1S/C14H12FN5S2/c15-11-4-1-5-12(7-11)18-13-19-20-14(22-13)21-9-10(8-17)3-2-6-16/h1,4-5,7,10H,2-3,9H2,(H,18,19). The van der Waals surface area contributed by atoms with Crippen molar-refractivity contribution in [2.24, 2.45) is 5.92 Å². The van der Waals surface area contributed by atoms with E-state index in [1.54, 1.807) is 12.1 Å². The van der Waals surface area contributed by atoms with E-state index in [2.05, 4.69) is 21.6 Å². The van der Waals surface area contributed by atoms with Gasteiger partial charge in [-0.1, -0.05) is 29.2 Å². The van der Waals surface area contributed by atoms with E-state index in [1.165, 1.54) is 35.2 Å². The van der Waals surface area contributed by atoms with Crippen LogP contribution in [0.3, 0.4) is 0 Å². The molecular weight excluding hydrogens is 321 g/mol. The maximum Gasteiger partial charge on any atom is 0.210 e. The molecule has 8 heteroatoms. The van der Waals surface area contributed by atoms with Gasteiger partial charge in [-0.15, -0.1) is 10.2 Å². The third-order valence-electron chi connectivity index (χ3n) is 2.68. The van der Waals surface area contributed by atoms with Crippen LogP contribution in [-0.4, -0.2) is 16.0 Å². The van der Waals surface area contributed by atoms with Gasteiger partial charge in [0.15, 0.2) is 4.34 Å². The van der Waals surface area contributed by atoms with Crippen molar-refractivity contribution in [3.63, 3.8) is 0 Å². The van der Waals surface area contributed by atoms with Gasteiger partial charge in [-0.05, 0) is 24.6 Å². The van der Waals surface area contributed by atoms with E-state index < -0.39 is 0 Å². The number of nitrogens with zero attached hydrogens (tertiary/aromatic N) is 4. The summed E-state index contributed by atoms with van der Waals surface area (Å²) in [6, 6.07) is 10.3. The average molecular weight is 333 g/mol. The summed E-state index contributed by atoms with van der Waals surface area (Å²) in [5.41, 5.74) is 0.608. The van der Waals surface area contributed by atoms with Crippen LogP contribution in [0.15, 0.2) is 28.6 Å². The molecule has 1 atom stereocenters. The van der Waals surface area contributed by atoms with Gasteiger partial charge in [0.25, 0.3) is 0 Å². The molecule has 1 aromatic carbocycles. The number of thioether (sulfide) groups is 1. The van der Waals surface area contributed by atoms with Crippen LogP contribution in [0, 0.1) is 34.4 Å². The molecule has 0 amide bonds. The van der Waals surface area contributed by atoms with E-state index in [0.717, 1.165) is 4.34 Å². The molecule has 1 aromatic heterocycles. The van der Waals surface area contributed by atoms with Crippen LogP contribution in [0.5, 0.6) is 0 Å². The fourth-order valence-corrected chi connectivity index (χ4v) is 3.46. The summed E-state index contributed by atoms with van der Waals surface area (Å²) < 4.78 is 13.8. The topological polar surface area (TPSA) is 85.4 Å². The quantitative estimate of drug-likeness (QED) is 0.772. The summed E-state index contributed by atoms with van der Waals surface area (Å²) in [6.07, 6.45) is 0.939. The Labute approximate surface area is 135 Å². The smallest absolute Gasteiger partial charge is 0.210 e. The maximum absolute atomic E-state index is 13.1. The van der Waals surface area contributed by atoms with E-state index in [0.29, 0.717) is 29.4 Å². The number of anilines is 2. The Morgan fingerprint density at radius 1 is 1.36 bits per heavy atom. The molecule has 0 saturated heterocycles.